The van der Waals surface area contributed by atoms with Crippen molar-refractivity contribution < 1.29 is 0 Å². The van der Waals surface area contributed by atoms with Crippen molar-refractivity contribution in [1.29, 1.82) is 0 Å². The van der Waals surface area contributed by atoms with E-state index in [4.69, 9.17) is 5.73 Å². The molecule has 0 saturated carbocycles. The van der Waals surface area contributed by atoms with Gasteiger partial charge < -0.3 is 11.1 Å². The molecule has 0 radical (unpaired) electrons. The molecule has 0 atom stereocenters. The Morgan fingerprint density at radius 3 is 2.95 bits per heavy atom. The molecule has 0 spiro atoms. The fourth-order valence-electron chi connectivity index (χ4n) is 1.78. The largest absolute Gasteiger partial charge is 0.370 e. The van der Waals surface area contributed by atoms with Crippen molar-refractivity contribution in [3.63, 3.8) is 0 Å². The van der Waals surface area contributed by atoms with Gasteiger partial charge in [-0.15, -0.1) is 11.3 Å². The highest BCUT2D eigenvalue weighted by Gasteiger charge is 1.96. The molecule has 3 N–H and O–H groups in total. The lowest BCUT2D eigenvalue weighted by Crippen LogP contribution is -2.33. The molecule has 0 saturated heterocycles. The summed E-state index contributed by atoms with van der Waals surface area (Å²) in [5.74, 6) is 0.515. The van der Waals surface area contributed by atoms with Crippen LogP contribution < -0.4 is 11.1 Å². The maximum atomic E-state index is 5.83. The van der Waals surface area contributed by atoms with Gasteiger partial charge in [0.05, 0.1) is 0 Å². The third kappa shape index (κ3) is 5.01. The van der Waals surface area contributed by atoms with Crippen molar-refractivity contribution in [3.8, 4) is 0 Å². The molecule has 106 valence electrons. The molecule has 20 heavy (non-hydrogen) atoms. The van der Waals surface area contributed by atoms with E-state index in [0.29, 0.717) is 5.96 Å². The van der Waals surface area contributed by atoms with Crippen LogP contribution in [0.25, 0.3) is 0 Å². The Morgan fingerprint density at radius 1 is 1.35 bits per heavy atom. The Bertz CT molecular complexity index is 532. The number of nitrogens with two attached hydrogens (primary N) is 1. The fourth-order valence-corrected chi connectivity index (χ4v) is 2.48. The average Bonchev–Trinajstić information content (AvgIpc) is 2.94. The summed E-state index contributed by atoms with van der Waals surface area (Å²) in [6, 6.07) is 8.29. The molecule has 0 aromatic carbocycles. The number of aliphatic imine (C=N–C) groups is 1. The first kappa shape index (κ1) is 14.5. The number of pyridine rings is 1. The topological polar surface area (TPSA) is 63.3 Å². The van der Waals surface area contributed by atoms with Gasteiger partial charge in [0.1, 0.15) is 0 Å². The van der Waals surface area contributed by atoms with Crippen LogP contribution in [0, 0.1) is 6.92 Å². The molecule has 0 aliphatic rings. The Balaban J connectivity index is 1.66. The minimum Gasteiger partial charge on any atom is -0.370 e. The highest BCUT2D eigenvalue weighted by atomic mass is 32.1. The van der Waals surface area contributed by atoms with Crippen LogP contribution in [0.3, 0.4) is 0 Å². The second-order valence-corrected chi connectivity index (χ2v) is 5.61. The number of aromatic nitrogens is 1. The summed E-state index contributed by atoms with van der Waals surface area (Å²) in [4.78, 5) is 9.93. The number of thiophene rings is 1. The average molecular weight is 288 g/mol. The monoisotopic (exact) mass is 288 g/mol. The van der Waals surface area contributed by atoms with Crippen LogP contribution >= 0.6 is 11.3 Å². The first-order valence-electron chi connectivity index (χ1n) is 6.72. The van der Waals surface area contributed by atoms with Crippen LogP contribution in [0.15, 0.2) is 40.8 Å². The first-order valence-corrected chi connectivity index (χ1v) is 7.60. The van der Waals surface area contributed by atoms with Gasteiger partial charge in [0.25, 0.3) is 0 Å². The zero-order valence-electron chi connectivity index (χ0n) is 11.7. The zero-order valence-corrected chi connectivity index (χ0v) is 12.5. The molecule has 2 heterocycles. The van der Waals surface area contributed by atoms with Gasteiger partial charge in [0.2, 0.25) is 0 Å². The van der Waals surface area contributed by atoms with Crippen LogP contribution in [-0.2, 0) is 12.8 Å². The first-order chi connectivity index (χ1) is 9.74. The molecule has 0 unspecified atom stereocenters. The minimum atomic E-state index is 0.515. The number of guanidine groups is 1. The Labute approximate surface area is 123 Å². The molecule has 0 aliphatic heterocycles. The van der Waals surface area contributed by atoms with Crippen LogP contribution in [-0.4, -0.2) is 24.0 Å². The molecule has 0 aliphatic carbocycles. The van der Waals surface area contributed by atoms with E-state index in [1.807, 2.05) is 19.2 Å². The quantitative estimate of drug-likeness (QED) is 0.632. The Hall–Kier alpha value is -1.88. The van der Waals surface area contributed by atoms with E-state index in [1.54, 1.807) is 11.3 Å². The minimum absolute atomic E-state index is 0.515. The standard InChI is InChI=1S/C15H20N4S/c1-12-4-5-13(11-19-12)6-8-17-15(16)18-9-7-14-3-2-10-20-14/h2-5,10-11H,6-9H2,1H3,(H3,16,17,18). The highest BCUT2D eigenvalue weighted by Crippen LogP contribution is 2.08. The normalized spacial score (nSPS) is 11.6. The molecule has 0 amide bonds. The summed E-state index contributed by atoms with van der Waals surface area (Å²) in [7, 11) is 0. The highest BCUT2D eigenvalue weighted by molar-refractivity contribution is 7.09. The van der Waals surface area contributed by atoms with Crippen LogP contribution in [0.5, 0.6) is 0 Å². The molecular weight excluding hydrogens is 268 g/mol. The van der Waals surface area contributed by atoms with Gasteiger partial charge in [0, 0.05) is 36.3 Å². The zero-order chi connectivity index (χ0) is 14.2. The van der Waals surface area contributed by atoms with E-state index >= 15 is 0 Å². The van der Waals surface area contributed by atoms with Gasteiger partial charge in [-0.1, -0.05) is 12.1 Å². The van der Waals surface area contributed by atoms with Crippen LogP contribution in [0.2, 0.25) is 0 Å². The molecule has 5 heteroatoms. The predicted molar refractivity (Wildman–Crippen MR) is 85.2 cm³/mol. The van der Waals surface area contributed by atoms with Crippen molar-refractivity contribution in [3.05, 3.63) is 52.0 Å². The molecule has 0 fully saturated rings. The van der Waals surface area contributed by atoms with Gasteiger partial charge in [-0.25, -0.2) is 0 Å². The lowest BCUT2D eigenvalue weighted by molar-refractivity contribution is 0.841. The van der Waals surface area contributed by atoms with Gasteiger partial charge in [-0.05, 0) is 36.4 Å². The maximum absolute atomic E-state index is 5.83. The lowest BCUT2D eigenvalue weighted by Gasteiger charge is -2.05. The summed E-state index contributed by atoms with van der Waals surface area (Å²) < 4.78 is 0. The summed E-state index contributed by atoms with van der Waals surface area (Å²) in [5.41, 5.74) is 8.07. The predicted octanol–water partition coefficient (Wildman–Crippen LogP) is 2.14. The van der Waals surface area contributed by atoms with Gasteiger partial charge in [0.15, 0.2) is 5.96 Å². The summed E-state index contributed by atoms with van der Waals surface area (Å²) >= 11 is 1.75. The van der Waals surface area contributed by atoms with E-state index in [-0.39, 0.29) is 0 Å². The number of nitrogens with one attached hydrogen (secondary N) is 1. The maximum Gasteiger partial charge on any atom is 0.188 e. The number of hydrogen-bond donors (Lipinski definition) is 2. The molecule has 2 aromatic heterocycles. The number of nitrogens with zero attached hydrogens (tertiary/aromatic N) is 2. The Kier molecular flexibility index (Phi) is 5.55. The summed E-state index contributed by atoms with van der Waals surface area (Å²) in [6.45, 7) is 3.49. The molecular formula is C15H20N4S. The summed E-state index contributed by atoms with van der Waals surface area (Å²) in [6.07, 6.45) is 3.75. The number of rotatable bonds is 6. The van der Waals surface area contributed by atoms with E-state index < -0.39 is 0 Å². The van der Waals surface area contributed by atoms with Crippen molar-refractivity contribution in [2.75, 3.05) is 13.1 Å². The van der Waals surface area contributed by atoms with E-state index in [1.165, 1.54) is 10.4 Å². The van der Waals surface area contributed by atoms with Crippen molar-refractivity contribution in [2.24, 2.45) is 10.7 Å². The number of aryl methyl sites for hydroxylation is 1. The molecule has 2 rings (SSSR count). The molecule has 4 nitrogen and oxygen atoms in total. The van der Waals surface area contributed by atoms with E-state index in [0.717, 1.165) is 31.6 Å². The smallest absolute Gasteiger partial charge is 0.188 e. The lowest BCUT2D eigenvalue weighted by atomic mass is 10.2. The summed E-state index contributed by atoms with van der Waals surface area (Å²) in [5, 5.41) is 5.21. The third-order valence-electron chi connectivity index (χ3n) is 2.91. The van der Waals surface area contributed by atoms with Gasteiger partial charge >= 0.3 is 0 Å². The van der Waals surface area contributed by atoms with Crippen molar-refractivity contribution in [2.45, 2.75) is 19.8 Å². The van der Waals surface area contributed by atoms with Crippen LogP contribution in [0.1, 0.15) is 16.1 Å². The Morgan fingerprint density at radius 2 is 2.25 bits per heavy atom. The second kappa shape index (κ2) is 7.65. The van der Waals surface area contributed by atoms with E-state index in [9.17, 15) is 0 Å². The van der Waals surface area contributed by atoms with Crippen molar-refractivity contribution >= 4 is 17.3 Å². The molecule has 2 aromatic rings. The second-order valence-electron chi connectivity index (χ2n) is 4.58. The molecule has 0 bridgehead atoms. The van der Waals surface area contributed by atoms with E-state index in [2.05, 4.69) is 38.9 Å². The fraction of sp³-hybridized carbons (Fsp3) is 0.333. The van der Waals surface area contributed by atoms with Crippen molar-refractivity contribution in [1.82, 2.24) is 10.3 Å². The third-order valence-corrected chi connectivity index (χ3v) is 3.85. The van der Waals surface area contributed by atoms with Gasteiger partial charge in [-0.2, -0.15) is 0 Å². The SMILES string of the molecule is Cc1ccc(CCNC(N)=NCCc2cccs2)cn1. The number of hydrogen-bond acceptors (Lipinski definition) is 3. The van der Waals surface area contributed by atoms with Crippen LogP contribution in [0.4, 0.5) is 0 Å². The van der Waals surface area contributed by atoms with Gasteiger partial charge in [-0.3, -0.25) is 9.98 Å².